The van der Waals surface area contributed by atoms with Crippen LogP contribution in [0.1, 0.15) is 13.3 Å². The molecule has 16 heavy (non-hydrogen) atoms. The van der Waals surface area contributed by atoms with Gasteiger partial charge in [-0.2, -0.15) is 0 Å². The number of rotatable bonds is 5. The average molecular weight is 237 g/mol. The summed E-state index contributed by atoms with van der Waals surface area (Å²) < 4.78 is 0. The summed E-state index contributed by atoms with van der Waals surface area (Å²) >= 11 is 1.63. The van der Waals surface area contributed by atoms with Crippen LogP contribution in [0.15, 0.2) is 17.8 Å². The molecule has 0 unspecified atom stereocenters. The van der Waals surface area contributed by atoms with Crippen LogP contribution in [0, 0.1) is 0 Å². The van der Waals surface area contributed by atoms with Gasteiger partial charge in [-0.25, -0.2) is 9.97 Å². The molecule has 2 heterocycles. The second-order valence-electron chi connectivity index (χ2n) is 3.49. The van der Waals surface area contributed by atoms with Gasteiger partial charge in [-0.05, 0) is 24.8 Å². The van der Waals surface area contributed by atoms with Crippen LogP contribution in [-0.4, -0.2) is 34.8 Å². The maximum absolute atomic E-state index is 8.87. The van der Waals surface area contributed by atoms with Crippen LogP contribution < -0.4 is 4.90 Å². The van der Waals surface area contributed by atoms with Crippen molar-refractivity contribution in [1.82, 2.24) is 9.97 Å². The van der Waals surface area contributed by atoms with Crippen molar-refractivity contribution < 1.29 is 5.11 Å². The van der Waals surface area contributed by atoms with E-state index >= 15 is 0 Å². The van der Waals surface area contributed by atoms with Crippen LogP contribution >= 0.6 is 11.3 Å². The van der Waals surface area contributed by atoms with Crippen molar-refractivity contribution in [2.45, 2.75) is 13.3 Å². The Balaban J connectivity index is 2.32. The molecule has 0 spiro atoms. The largest absolute Gasteiger partial charge is 0.396 e. The first-order valence-corrected chi connectivity index (χ1v) is 6.28. The molecule has 2 aromatic heterocycles. The second-order valence-corrected chi connectivity index (χ2v) is 4.39. The van der Waals surface area contributed by atoms with Crippen LogP contribution in [-0.2, 0) is 0 Å². The number of hydrogen-bond acceptors (Lipinski definition) is 5. The maximum atomic E-state index is 8.87. The predicted molar refractivity (Wildman–Crippen MR) is 67.0 cm³/mol. The molecule has 0 radical (unpaired) electrons. The quantitative estimate of drug-likeness (QED) is 0.863. The minimum atomic E-state index is 0.217. The Morgan fingerprint density at radius 1 is 1.44 bits per heavy atom. The molecule has 86 valence electrons. The summed E-state index contributed by atoms with van der Waals surface area (Å²) in [5.41, 5.74) is 0. The summed E-state index contributed by atoms with van der Waals surface area (Å²) in [4.78, 5) is 11.8. The standard InChI is InChI=1S/C11H15N3OS/c1-2-14(5-3-6-15)10-9-4-7-16-11(9)13-8-12-10/h4,7-8,15H,2-3,5-6H2,1H3. The highest BCUT2D eigenvalue weighted by Crippen LogP contribution is 2.26. The molecule has 0 bridgehead atoms. The minimum Gasteiger partial charge on any atom is -0.396 e. The highest BCUT2D eigenvalue weighted by molar-refractivity contribution is 7.16. The lowest BCUT2D eigenvalue weighted by molar-refractivity contribution is 0.289. The Morgan fingerprint density at radius 2 is 2.31 bits per heavy atom. The van der Waals surface area contributed by atoms with Gasteiger partial charge in [-0.15, -0.1) is 11.3 Å². The van der Waals surface area contributed by atoms with Crippen molar-refractivity contribution in [2.75, 3.05) is 24.6 Å². The molecule has 5 heteroatoms. The van der Waals surface area contributed by atoms with E-state index in [9.17, 15) is 0 Å². The van der Waals surface area contributed by atoms with E-state index in [0.29, 0.717) is 0 Å². The van der Waals surface area contributed by atoms with Gasteiger partial charge < -0.3 is 10.0 Å². The molecule has 0 atom stereocenters. The van der Waals surface area contributed by atoms with Crippen LogP contribution in [0.4, 0.5) is 5.82 Å². The predicted octanol–water partition coefficient (Wildman–Crippen LogP) is 1.90. The summed E-state index contributed by atoms with van der Waals surface area (Å²) in [6, 6.07) is 2.05. The third kappa shape index (κ3) is 2.15. The van der Waals surface area contributed by atoms with Crippen LogP contribution in [0.25, 0.3) is 10.2 Å². The molecule has 0 amide bonds. The van der Waals surface area contributed by atoms with E-state index in [0.717, 1.165) is 35.5 Å². The molecule has 0 saturated carbocycles. The number of fused-ring (bicyclic) bond motifs is 1. The van der Waals surface area contributed by atoms with Gasteiger partial charge in [0, 0.05) is 19.7 Å². The lowest BCUT2D eigenvalue weighted by atomic mass is 10.3. The molecule has 0 saturated heterocycles. The Hall–Kier alpha value is -1.20. The van der Waals surface area contributed by atoms with Gasteiger partial charge in [0.1, 0.15) is 17.0 Å². The number of thiophene rings is 1. The number of nitrogens with zero attached hydrogens (tertiary/aromatic N) is 3. The van der Waals surface area contributed by atoms with Gasteiger partial charge in [0.05, 0.1) is 5.39 Å². The number of hydrogen-bond donors (Lipinski definition) is 1. The van der Waals surface area contributed by atoms with Crippen LogP contribution in [0.2, 0.25) is 0 Å². The Bertz CT molecular complexity index is 457. The van der Waals surface area contributed by atoms with E-state index in [1.165, 1.54) is 0 Å². The zero-order valence-electron chi connectivity index (χ0n) is 9.26. The topological polar surface area (TPSA) is 49.2 Å². The summed E-state index contributed by atoms with van der Waals surface area (Å²) in [7, 11) is 0. The van der Waals surface area contributed by atoms with Crippen LogP contribution in [0.5, 0.6) is 0 Å². The SMILES string of the molecule is CCN(CCCO)c1ncnc2sccc12. The third-order valence-electron chi connectivity index (χ3n) is 2.51. The highest BCUT2D eigenvalue weighted by Gasteiger charge is 2.10. The third-order valence-corrected chi connectivity index (χ3v) is 3.33. The lowest BCUT2D eigenvalue weighted by Crippen LogP contribution is -2.25. The molecule has 0 aliphatic rings. The molecular formula is C11H15N3OS. The molecule has 2 aromatic rings. The van der Waals surface area contributed by atoms with Gasteiger partial charge >= 0.3 is 0 Å². The smallest absolute Gasteiger partial charge is 0.140 e. The summed E-state index contributed by atoms with van der Waals surface area (Å²) in [6.07, 6.45) is 2.37. The van der Waals surface area contributed by atoms with Gasteiger partial charge in [-0.1, -0.05) is 0 Å². The zero-order chi connectivity index (χ0) is 11.4. The summed E-state index contributed by atoms with van der Waals surface area (Å²) in [6.45, 7) is 4.03. The van der Waals surface area contributed by atoms with E-state index in [1.807, 2.05) is 5.38 Å². The van der Waals surface area contributed by atoms with Gasteiger partial charge in [0.2, 0.25) is 0 Å². The highest BCUT2D eigenvalue weighted by atomic mass is 32.1. The van der Waals surface area contributed by atoms with Crippen molar-refractivity contribution in [1.29, 1.82) is 0 Å². The molecular weight excluding hydrogens is 222 g/mol. The molecule has 0 fully saturated rings. The summed E-state index contributed by atoms with van der Waals surface area (Å²) in [5, 5.41) is 12.0. The molecule has 4 nitrogen and oxygen atoms in total. The van der Waals surface area contributed by atoms with Crippen molar-refractivity contribution in [2.24, 2.45) is 0 Å². The Kier molecular flexibility index (Phi) is 3.69. The molecule has 0 aliphatic carbocycles. The van der Waals surface area contributed by atoms with Crippen molar-refractivity contribution in [3.05, 3.63) is 17.8 Å². The number of aliphatic hydroxyl groups excluding tert-OH is 1. The molecule has 0 aromatic carbocycles. The molecule has 1 N–H and O–H groups in total. The first-order valence-electron chi connectivity index (χ1n) is 5.40. The van der Waals surface area contributed by atoms with Gasteiger partial charge in [-0.3, -0.25) is 0 Å². The Labute approximate surface area is 98.6 Å². The van der Waals surface area contributed by atoms with Gasteiger partial charge in [0.15, 0.2) is 0 Å². The number of anilines is 1. The van der Waals surface area contributed by atoms with E-state index in [1.54, 1.807) is 17.7 Å². The number of aromatic nitrogens is 2. The normalized spacial score (nSPS) is 10.9. The first-order chi connectivity index (χ1) is 7.86. The van der Waals surface area contributed by atoms with Gasteiger partial charge in [0.25, 0.3) is 0 Å². The van der Waals surface area contributed by atoms with Crippen molar-refractivity contribution in [3.8, 4) is 0 Å². The second kappa shape index (κ2) is 5.23. The fraction of sp³-hybridized carbons (Fsp3) is 0.455. The lowest BCUT2D eigenvalue weighted by Gasteiger charge is -2.21. The fourth-order valence-electron chi connectivity index (χ4n) is 1.70. The maximum Gasteiger partial charge on any atom is 0.140 e. The Morgan fingerprint density at radius 3 is 3.06 bits per heavy atom. The molecule has 2 rings (SSSR count). The average Bonchev–Trinajstić information content (AvgIpc) is 2.78. The van der Waals surface area contributed by atoms with E-state index in [2.05, 4.69) is 27.9 Å². The van der Waals surface area contributed by atoms with Crippen molar-refractivity contribution in [3.63, 3.8) is 0 Å². The first kappa shape index (κ1) is 11.3. The fourth-order valence-corrected chi connectivity index (χ4v) is 2.43. The van der Waals surface area contributed by atoms with Crippen LogP contribution in [0.3, 0.4) is 0 Å². The van der Waals surface area contributed by atoms with E-state index in [-0.39, 0.29) is 6.61 Å². The summed E-state index contributed by atoms with van der Waals surface area (Å²) in [5.74, 6) is 0.974. The van der Waals surface area contributed by atoms with E-state index in [4.69, 9.17) is 5.11 Å². The minimum absolute atomic E-state index is 0.217. The monoisotopic (exact) mass is 237 g/mol. The van der Waals surface area contributed by atoms with Crippen molar-refractivity contribution >= 4 is 27.4 Å². The zero-order valence-corrected chi connectivity index (χ0v) is 10.1. The van der Waals surface area contributed by atoms with E-state index < -0.39 is 0 Å². The number of aliphatic hydroxyl groups is 1. The molecule has 0 aliphatic heterocycles.